The number of amides is 1. The van der Waals surface area contributed by atoms with Crippen molar-refractivity contribution in [2.45, 2.75) is 25.7 Å². The lowest BCUT2D eigenvalue weighted by molar-refractivity contribution is 0.0937. The van der Waals surface area contributed by atoms with Gasteiger partial charge in [0.1, 0.15) is 5.69 Å². The van der Waals surface area contributed by atoms with E-state index < -0.39 is 10.2 Å². The summed E-state index contributed by atoms with van der Waals surface area (Å²) in [5.74, 6) is -0.00446. The Kier molecular flexibility index (Phi) is 5.21. The summed E-state index contributed by atoms with van der Waals surface area (Å²) >= 11 is 0. The molecule has 0 unspecified atom stereocenters. The largest absolute Gasteiger partial charge is 0.351 e. The van der Waals surface area contributed by atoms with Crippen molar-refractivity contribution in [1.82, 2.24) is 18.9 Å². The van der Waals surface area contributed by atoms with E-state index in [-0.39, 0.29) is 11.8 Å². The fourth-order valence-electron chi connectivity index (χ4n) is 4.01. The van der Waals surface area contributed by atoms with Crippen LogP contribution in [0.1, 0.15) is 36.2 Å². The third-order valence-electron chi connectivity index (χ3n) is 5.53. The van der Waals surface area contributed by atoms with Crippen molar-refractivity contribution in [3.63, 3.8) is 0 Å². The first kappa shape index (κ1) is 18.5. The first-order valence-corrected chi connectivity index (χ1v) is 11.0. The first-order chi connectivity index (χ1) is 13.0. The maximum Gasteiger partial charge on any atom is 0.281 e. The number of piperidine rings is 1. The summed E-state index contributed by atoms with van der Waals surface area (Å²) in [4.78, 5) is 15.6. The van der Waals surface area contributed by atoms with Gasteiger partial charge in [-0.2, -0.15) is 17.0 Å². The Morgan fingerprint density at radius 2 is 1.85 bits per heavy atom. The number of carbonyl (C=O) groups excluding carboxylic acids is 1. The zero-order valence-electron chi connectivity index (χ0n) is 15.4. The smallest absolute Gasteiger partial charge is 0.281 e. The highest BCUT2D eigenvalue weighted by Gasteiger charge is 2.34. The fourth-order valence-corrected chi connectivity index (χ4v) is 5.82. The van der Waals surface area contributed by atoms with Gasteiger partial charge in [-0.15, -0.1) is 0 Å². The molecular formula is C19H26N4O3S. The van der Waals surface area contributed by atoms with E-state index in [0.29, 0.717) is 38.4 Å². The molecular weight excluding hydrogens is 364 g/mol. The maximum atomic E-state index is 12.8. The number of fused-ring (bicyclic) bond motifs is 1. The summed E-state index contributed by atoms with van der Waals surface area (Å²) in [7, 11) is -3.35. The molecule has 0 saturated carbocycles. The molecule has 1 atom stereocenters. The molecule has 1 aromatic carbocycles. The summed E-state index contributed by atoms with van der Waals surface area (Å²) < 4.78 is 28.7. The predicted octanol–water partition coefficient (Wildman–Crippen LogP) is 1.95. The quantitative estimate of drug-likeness (QED) is 0.818. The van der Waals surface area contributed by atoms with Crippen LogP contribution < -0.4 is 5.32 Å². The fraction of sp³-hybridized carbons (Fsp3) is 0.526. The Morgan fingerprint density at radius 3 is 2.63 bits per heavy atom. The predicted molar refractivity (Wildman–Crippen MR) is 105 cm³/mol. The van der Waals surface area contributed by atoms with Gasteiger partial charge in [0.15, 0.2) is 0 Å². The Labute approximate surface area is 159 Å². The second-order valence-corrected chi connectivity index (χ2v) is 9.39. The molecule has 2 aliphatic heterocycles. The molecule has 0 spiro atoms. The number of aromatic nitrogens is 1. The van der Waals surface area contributed by atoms with Crippen LogP contribution in [0, 0.1) is 5.92 Å². The second kappa shape index (κ2) is 7.61. The van der Waals surface area contributed by atoms with Crippen LogP contribution in [0.25, 0.3) is 10.9 Å². The van der Waals surface area contributed by atoms with Crippen LogP contribution in [0.3, 0.4) is 0 Å². The molecule has 2 fully saturated rings. The second-order valence-electron chi connectivity index (χ2n) is 7.46. The molecule has 7 nitrogen and oxygen atoms in total. The molecule has 2 saturated heterocycles. The Morgan fingerprint density at radius 1 is 1.11 bits per heavy atom. The molecule has 8 heteroatoms. The number of carbonyl (C=O) groups is 1. The topological polar surface area (TPSA) is 85.5 Å². The van der Waals surface area contributed by atoms with E-state index in [0.717, 1.165) is 36.6 Å². The molecule has 27 heavy (non-hydrogen) atoms. The molecule has 3 heterocycles. The number of H-pyrrole nitrogens is 1. The van der Waals surface area contributed by atoms with Gasteiger partial charge in [-0.1, -0.05) is 18.2 Å². The van der Waals surface area contributed by atoms with Gasteiger partial charge in [0.05, 0.1) is 0 Å². The Balaban J connectivity index is 1.35. The van der Waals surface area contributed by atoms with Gasteiger partial charge < -0.3 is 10.3 Å². The normalized spacial score (nSPS) is 22.3. The molecule has 1 amide bonds. The van der Waals surface area contributed by atoms with Gasteiger partial charge in [0.25, 0.3) is 16.1 Å². The van der Waals surface area contributed by atoms with E-state index in [9.17, 15) is 13.2 Å². The minimum Gasteiger partial charge on any atom is -0.351 e. The van der Waals surface area contributed by atoms with Crippen molar-refractivity contribution in [2.75, 3.05) is 32.7 Å². The highest BCUT2D eigenvalue weighted by atomic mass is 32.2. The number of hydrogen-bond donors (Lipinski definition) is 2. The van der Waals surface area contributed by atoms with Crippen LogP contribution in [0.2, 0.25) is 0 Å². The molecule has 1 aromatic heterocycles. The summed E-state index contributed by atoms with van der Waals surface area (Å²) in [6.07, 6.45) is 3.65. The van der Waals surface area contributed by atoms with E-state index in [2.05, 4.69) is 10.3 Å². The van der Waals surface area contributed by atoms with Gasteiger partial charge >= 0.3 is 0 Å². The molecule has 2 aromatic rings. The van der Waals surface area contributed by atoms with Gasteiger partial charge in [-0.25, -0.2) is 0 Å². The highest BCUT2D eigenvalue weighted by Crippen LogP contribution is 2.23. The highest BCUT2D eigenvalue weighted by molar-refractivity contribution is 7.86. The van der Waals surface area contributed by atoms with Crippen molar-refractivity contribution in [2.24, 2.45) is 5.92 Å². The average Bonchev–Trinajstić information content (AvgIpc) is 3.36. The van der Waals surface area contributed by atoms with Crippen LogP contribution in [-0.2, 0) is 10.2 Å². The lowest BCUT2D eigenvalue weighted by Crippen LogP contribution is -2.48. The van der Waals surface area contributed by atoms with E-state index in [1.807, 2.05) is 30.3 Å². The third kappa shape index (κ3) is 3.88. The zero-order valence-corrected chi connectivity index (χ0v) is 16.2. The van der Waals surface area contributed by atoms with Crippen molar-refractivity contribution in [1.29, 1.82) is 0 Å². The summed E-state index contributed by atoms with van der Waals surface area (Å²) in [5, 5.41) is 3.97. The molecule has 0 radical (unpaired) electrons. The van der Waals surface area contributed by atoms with Crippen molar-refractivity contribution >= 4 is 27.0 Å². The summed E-state index contributed by atoms with van der Waals surface area (Å²) in [6.45, 7) is 2.79. The molecule has 2 N–H and O–H groups in total. The lowest BCUT2D eigenvalue weighted by Gasteiger charge is -2.34. The molecule has 0 bridgehead atoms. The molecule has 4 rings (SSSR count). The van der Waals surface area contributed by atoms with Crippen LogP contribution in [0.4, 0.5) is 0 Å². The number of benzene rings is 1. The van der Waals surface area contributed by atoms with Gasteiger partial charge in [-0.05, 0) is 43.7 Å². The molecule has 146 valence electrons. The summed E-state index contributed by atoms with van der Waals surface area (Å²) in [6, 6.07) is 9.61. The van der Waals surface area contributed by atoms with Gasteiger partial charge in [-0.3, -0.25) is 4.79 Å². The monoisotopic (exact) mass is 390 g/mol. The van der Waals surface area contributed by atoms with E-state index in [4.69, 9.17) is 0 Å². The van der Waals surface area contributed by atoms with Crippen molar-refractivity contribution in [3.05, 3.63) is 36.0 Å². The third-order valence-corrected chi connectivity index (χ3v) is 7.53. The van der Waals surface area contributed by atoms with E-state index >= 15 is 0 Å². The van der Waals surface area contributed by atoms with Crippen molar-refractivity contribution < 1.29 is 13.2 Å². The van der Waals surface area contributed by atoms with Crippen LogP contribution >= 0.6 is 0 Å². The van der Waals surface area contributed by atoms with Crippen molar-refractivity contribution in [3.8, 4) is 0 Å². The SMILES string of the molecule is O=C(NC[C@H]1CCCN(S(=O)(=O)N2CCCC2)C1)c1cc2ccccc2[nH]1. The Hall–Kier alpha value is -1.90. The number of nitrogens with one attached hydrogen (secondary N) is 2. The van der Waals surface area contributed by atoms with Crippen LogP contribution in [0.5, 0.6) is 0 Å². The minimum absolute atomic E-state index is 0.143. The zero-order chi connectivity index (χ0) is 18.9. The molecule has 2 aliphatic rings. The number of aromatic amines is 1. The number of para-hydroxylation sites is 1. The Bertz CT molecular complexity index is 885. The van der Waals surface area contributed by atoms with Crippen LogP contribution in [-0.4, -0.2) is 60.6 Å². The van der Waals surface area contributed by atoms with E-state index in [1.165, 1.54) is 0 Å². The average molecular weight is 391 g/mol. The van der Waals surface area contributed by atoms with Gasteiger partial charge in [0.2, 0.25) is 0 Å². The first-order valence-electron chi connectivity index (χ1n) is 9.65. The minimum atomic E-state index is -3.35. The summed E-state index contributed by atoms with van der Waals surface area (Å²) in [5.41, 5.74) is 1.47. The maximum absolute atomic E-state index is 12.8. The number of hydrogen-bond acceptors (Lipinski definition) is 3. The number of nitrogens with zero attached hydrogens (tertiary/aromatic N) is 2. The van der Waals surface area contributed by atoms with Gasteiger partial charge in [0, 0.05) is 43.6 Å². The number of rotatable bonds is 5. The van der Waals surface area contributed by atoms with E-state index in [1.54, 1.807) is 8.61 Å². The standard InChI is InChI=1S/C19H26N4O3S/c24-19(18-12-16-7-1-2-8-17(16)21-18)20-13-15-6-5-11-23(14-15)27(25,26)22-9-3-4-10-22/h1-2,7-8,12,15,21H,3-6,9-11,13-14H2,(H,20,24)/t15-/m1/s1. The molecule has 0 aliphatic carbocycles. The van der Waals surface area contributed by atoms with Crippen LogP contribution in [0.15, 0.2) is 30.3 Å². The lowest BCUT2D eigenvalue weighted by atomic mass is 10.00.